The molecule has 0 radical (unpaired) electrons. The summed E-state index contributed by atoms with van der Waals surface area (Å²) in [6.07, 6.45) is 2.01. The van der Waals surface area contributed by atoms with Crippen molar-refractivity contribution in [3.63, 3.8) is 0 Å². The summed E-state index contributed by atoms with van der Waals surface area (Å²) in [4.78, 5) is 28.2. The fourth-order valence-electron chi connectivity index (χ4n) is 4.78. The van der Waals surface area contributed by atoms with E-state index in [1.807, 2.05) is 29.2 Å². The minimum atomic E-state index is -0.302. The molecule has 1 aliphatic heterocycles. The van der Waals surface area contributed by atoms with Crippen LogP contribution in [0.25, 0.3) is 0 Å². The molecule has 1 atom stereocenters. The SMILES string of the molecule is CCC1C2=C(CC(C)(C)CC2=O)Nc2ccccc2N1CC(=O)NCc1ccc(F)cc1. The van der Waals surface area contributed by atoms with Gasteiger partial charge in [-0.1, -0.05) is 45.0 Å². The van der Waals surface area contributed by atoms with Crippen LogP contribution >= 0.6 is 0 Å². The van der Waals surface area contributed by atoms with Crippen molar-refractivity contribution in [3.05, 3.63) is 71.2 Å². The first kappa shape index (κ1) is 22.1. The predicted molar refractivity (Wildman–Crippen MR) is 125 cm³/mol. The van der Waals surface area contributed by atoms with Gasteiger partial charge in [0.2, 0.25) is 5.91 Å². The molecule has 4 rings (SSSR count). The molecule has 0 saturated carbocycles. The summed E-state index contributed by atoms with van der Waals surface area (Å²) in [5.41, 5.74) is 4.33. The van der Waals surface area contributed by atoms with E-state index >= 15 is 0 Å². The number of halogens is 1. The van der Waals surface area contributed by atoms with E-state index in [4.69, 9.17) is 0 Å². The molecule has 0 spiro atoms. The van der Waals surface area contributed by atoms with Crippen LogP contribution in [-0.2, 0) is 16.1 Å². The number of benzene rings is 2. The van der Waals surface area contributed by atoms with Gasteiger partial charge in [0.25, 0.3) is 0 Å². The summed E-state index contributed by atoms with van der Waals surface area (Å²) in [5.74, 6) is -0.292. The van der Waals surface area contributed by atoms with E-state index in [9.17, 15) is 14.0 Å². The molecule has 0 fully saturated rings. The van der Waals surface area contributed by atoms with Crippen molar-refractivity contribution in [3.8, 4) is 0 Å². The first-order valence-electron chi connectivity index (χ1n) is 11.2. The second-order valence-corrected chi connectivity index (χ2v) is 9.43. The predicted octanol–water partition coefficient (Wildman–Crippen LogP) is 4.80. The number of carbonyl (C=O) groups excluding carboxylic acids is 2. The van der Waals surface area contributed by atoms with Crippen LogP contribution in [0.1, 0.15) is 45.6 Å². The van der Waals surface area contributed by atoms with Gasteiger partial charge in [0.05, 0.1) is 24.0 Å². The number of allylic oxidation sites excluding steroid dienone is 1. The average Bonchev–Trinajstić information content (AvgIpc) is 2.86. The van der Waals surface area contributed by atoms with E-state index in [2.05, 4.69) is 31.4 Å². The number of Topliss-reactive ketones (excluding diaryl/α,β-unsaturated/α-hetero) is 1. The van der Waals surface area contributed by atoms with Gasteiger partial charge in [0, 0.05) is 24.2 Å². The third-order valence-corrected chi connectivity index (χ3v) is 6.23. The summed E-state index contributed by atoms with van der Waals surface area (Å²) >= 11 is 0. The van der Waals surface area contributed by atoms with E-state index in [-0.39, 0.29) is 35.5 Å². The number of anilines is 2. The molecule has 0 saturated heterocycles. The van der Waals surface area contributed by atoms with Crippen molar-refractivity contribution in [1.82, 2.24) is 5.32 Å². The Kier molecular flexibility index (Phi) is 6.04. The molecule has 2 aliphatic rings. The van der Waals surface area contributed by atoms with Gasteiger partial charge in [-0.3, -0.25) is 9.59 Å². The van der Waals surface area contributed by atoms with Crippen molar-refractivity contribution < 1.29 is 14.0 Å². The number of rotatable bonds is 5. The fraction of sp³-hybridized carbons (Fsp3) is 0.385. The third kappa shape index (κ3) is 4.54. The lowest BCUT2D eigenvalue weighted by atomic mass is 9.74. The number of hydrogen-bond donors (Lipinski definition) is 2. The van der Waals surface area contributed by atoms with Gasteiger partial charge in [-0.25, -0.2) is 4.39 Å². The van der Waals surface area contributed by atoms with Crippen LogP contribution < -0.4 is 15.5 Å². The largest absolute Gasteiger partial charge is 0.357 e. The molecular formula is C26H30FN3O2. The Labute approximate surface area is 188 Å². The summed E-state index contributed by atoms with van der Waals surface area (Å²) in [7, 11) is 0. The number of hydrogen-bond acceptors (Lipinski definition) is 4. The molecular weight excluding hydrogens is 405 g/mol. The quantitative estimate of drug-likeness (QED) is 0.709. The van der Waals surface area contributed by atoms with E-state index in [0.29, 0.717) is 19.4 Å². The molecule has 2 aromatic carbocycles. The molecule has 0 aromatic heterocycles. The number of nitrogens with one attached hydrogen (secondary N) is 2. The molecule has 1 amide bonds. The number of para-hydroxylation sites is 2. The molecule has 1 heterocycles. The molecule has 0 bridgehead atoms. The Morgan fingerprint density at radius 3 is 2.59 bits per heavy atom. The van der Waals surface area contributed by atoms with Crippen LogP contribution in [0.2, 0.25) is 0 Å². The van der Waals surface area contributed by atoms with Gasteiger partial charge in [-0.2, -0.15) is 0 Å². The number of nitrogens with zero attached hydrogens (tertiary/aromatic N) is 1. The minimum Gasteiger partial charge on any atom is -0.357 e. The van der Waals surface area contributed by atoms with Crippen molar-refractivity contribution in [2.45, 2.75) is 52.6 Å². The minimum absolute atomic E-state index is 0.0994. The second-order valence-electron chi connectivity index (χ2n) is 9.43. The lowest BCUT2D eigenvalue weighted by Gasteiger charge is -2.37. The molecule has 32 heavy (non-hydrogen) atoms. The molecule has 2 N–H and O–H groups in total. The highest BCUT2D eigenvalue weighted by Gasteiger charge is 2.40. The highest BCUT2D eigenvalue weighted by atomic mass is 19.1. The van der Waals surface area contributed by atoms with E-state index in [0.717, 1.165) is 34.6 Å². The standard InChI is InChI=1S/C26H30FN3O2/c1-4-21-25-20(13-26(2,3)14-23(25)31)29-19-7-5-6-8-22(19)30(21)16-24(32)28-15-17-9-11-18(27)12-10-17/h5-12,21,29H,4,13-16H2,1-3H3,(H,28,32). The molecule has 1 unspecified atom stereocenters. The lowest BCUT2D eigenvalue weighted by Crippen LogP contribution is -2.46. The molecule has 168 valence electrons. The smallest absolute Gasteiger partial charge is 0.239 e. The maximum atomic E-state index is 13.2. The number of carbonyl (C=O) groups is 2. The Morgan fingerprint density at radius 1 is 1.16 bits per heavy atom. The van der Waals surface area contributed by atoms with Crippen molar-refractivity contribution in [2.75, 3.05) is 16.8 Å². The maximum Gasteiger partial charge on any atom is 0.239 e. The first-order chi connectivity index (χ1) is 15.3. The number of fused-ring (bicyclic) bond motifs is 1. The zero-order valence-corrected chi connectivity index (χ0v) is 18.9. The van der Waals surface area contributed by atoms with E-state index in [1.54, 1.807) is 12.1 Å². The first-order valence-corrected chi connectivity index (χ1v) is 11.2. The van der Waals surface area contributed by atoms with Gasteiger partial charge in [0.1, 0.15) is 5.82 Å². The summed E-state index contributed by atoms with van der Waals surface area (Å²) in [5, 5.41) is 6.46. The zero-order chi connectivity index (χ0) is 22.9. The van der Waals surface area contributed by atoms with E-state index in [1.165, 1.54) is 12.1 Å². The normalized spacial score (nSPS) is 19.6. The summed E-state index contributed by atoms with van der Waals surface area (Å²) < 4.78 is 13.1. The summed E-state index contributed by atoms with van der Waals surface area (Å²) in [6.45, 7) is 6.75. The Balaban J connectivity index is 1.62. The topological polar surface area (TPSA) is 61.4 Å². The molecule has 2 aromatic rings. The lowest BCUT2D eigenvalue weighted by molar-refractivity contribution is -0.120. The van der Waals surface area contributed by atoms with Crippen molar-refractivity contribution >= 4 is 23.1 Å². The van der Waals surface area contributed by atoms with Gasteiger partial charge in [0.15, 0.2) is 5.78 Å². The van der Waals surface area contributed by atoms with Crippen molar-refractivity contribution in [1.29, 1.82) is 0 Å². The highest BCUT2D eigenvalue weighted by Crippen LogP contribution is 2.44. The highest BCUT2D eigenvalue weighted by molar-refractivity contribution is 6.01. The summed E-state index contributed by atoms with van der Waals surface area (Å²) in [6, 6.07) is 13.8. The monoisotopic (exact) mass is 435 g/mol. The van der Waals surface area contributed by atoms with Crippen LogP contribution in [0.5, 0.6) is 0 Å². The van der Waals surface area contributed by atoms with Gasteiger partial charge in [-0.05, 0) is 48.1 Å². The Bertz CT molecular complexity index is 1060. The van der Waals surface area contributed by atoms with Crippen LogP contribution in [0, 0.1) is 11.2 Å². The van der Waals surface area contributed by atoms with Gasteiger partial charge >= 0.3 is 0 Å². The van der Waals surface area contributed by atoms with Gasteiger partial charge in [-0.15, -0.1) is 0 Å². The maximum absolute atomic E-state index is 13.2. The van der Waals surface area contributed by atoms with Gasteiger partial charge < -0.3 is 15.5 Å². The van der Waals surface area contributed by atoms with Crippen LogP contribution in [0.15, 0.2) is 59.8 Å². The number of ketones is 1. The van der Waals surface area contributed by atoms with Crippen LogP contribution in [0.4, 0.5) is 15.8 Å². The second kappa shape index (κ2) is 8.77. The van der Waals surface area contributed by atoms with Crippen LogP contribution in [-0.4, -0.2) is 24.3 Å². The molecule has 1 aliphatic carbocycles. The fourth-order valence-corrected chi connectivity index (χ4v) is 4.78. The van der Waals surface area contributed by atoms with E-state index < -0.39 is 0 Å². The average molecular weight is 436 g/mol. The molecule has 6 heteroatoms. The van der Waals surface area contributed by atoms with Crippen LogP contribution in [0.3, 0.4) is 0 Å². The Morgan fingerprint density at radius 2 is 1.88 bits per heavy atom. The third-order valence-electron chi connectivity index (χ3n) is 6.23. The molecule has 5 nitrogen and oxygen atoms in total. The zero-order valence-electron chi connectivity index (χ0n) is 18.9. The Hall–Kier alpha value is -3.15. The number of amides is 1. The van der Waals surface area contributed by atoms with Crippen molar-refractivity contribution in [2.24, 2.45) is 5.41 Å².